The maximum atomic E-state index is 13.7. The molecule has 10 rings (SSSR count). The highest BCUT2D eigenvalue weighted by molar-refractivity contribution is 7.85. The predicted octanol–water partition coefficient (Wildman–Crippen LogP) is 12.7. The van der Waals surface area contributed by atoms with Crippen LogP contribution < -0.4 is 0 Å². The Labute approximate surface area is 285 Å². The van der Waals surface area contributed by atoms with Crippen molar-refractivity contribution in [1.82, 2.24) is 0 Å². The fourth-order valence-electron chi connectivity index (χ4n) is 7.67. The van der Waals surface area contributed by atoms with E-state index in [1.165, 1.54) is 16.2 Å². The molecule has 1 atom stereocenters. The van der Waals surface area contributed by atoms with Gasteiger partial charge >= 0.3 is 0 Å². The van der Waals surface area contributed by atoms with E-state index in [0.717, 1.165) is 80.9 Å². The highest BCUT2D eigenvalue weighted by Gasteiger charge is 2.22. The van der Waals surface area contributed by atoms with Gasteiger partial charge < -0.3 is 4.42 Å². The molecule has 0 aliphatic rings. The first-order chi connectivity index (χ1) is 24.2. The van der Waals surface area contributed by atoms with Crippen molar-refractivity contribution in [3.8, 4) is 22.3 Å². The van der Waals surface area contributed by atoms with Gasteiger partial charge in [-0.1, -0.05) is 127 Å². The Morgan fingerprint density at radius 3 is 1.65 bits per heavy atom. The molecule has 0 fully saturated rings. The van der Waals surface area contributed by atoms with Gasteiger partial charge in [-0.15, -0.1) is 0 Å². The van der Waals surface area contributed by atoms with E-state index in [1.54, 1.807) is 0 Å². The molecule has 230 valence electrons. The van der Waals surface area contributed by atoms with E-state index in [9.17, 15) is 4.21 Å². The molecule has 0 bridgehead atoms. The zero-order chi connectivity index (χ0) is 32.5. The molecular weight excluding hydrogens is 617 g/mol. The molecular formula is C46H28O2S. The van der Waals surface area contributed by atoms with Crippen LogP contribution in [0.3, 0.4) is 0 Å². The first-order valence-electron chi connectivity index (χ1n) is 16.5. The highest BCUT2D eigenvalue weighted by atomic mass is 32.2. The third kappa shape index (κ3) is 4.36. The smallest absolute Gasteiger partial charge is 0.143 e. The van der Waals surface area contributed by atoms with Gasteiger partial charge in [-0.25, -0.2) is 4.21 Å². The average Bonchev–Trinajstić information content (AvgIpc) is 3.54. The van der Waals surface area contributed by atoms with Gasteiger partial charge in [-0.2, -0.15) is 0 Å². The minimum atomic E-state index is -1.29. The summed E-state index contributed by atoms with van der Waals surface area (Å²) in [6.07, 6.45) is 0. The van der Waals surface area contributed by atoms with Crippen LogP contribution >= 0.6 is 0 Å². The lowest BCUT2D eigenvalue weighted by Gasteiger charge is -2.18. The van der Waals surface area contributed by atoms with Crippen LogP contribution in [0.5, 0.6) is 0 Å². The Morgan fingerprint density at radius 2 is 0.959 bits per heavy atom. The number of rotatable bonds is 4. The van der Waals surface area contributed by atoms with E-state index >= 15 is 0 Å². The van der Waals surface area contributed by atoms with Crippen molar-refractivity contribution in [1.29, 1.82) is 0 Å². The number of hydrogen-bond donors (Lipinski definition) is 0. The van der Waals surface area contributed by atoms with E-state index in [2.05, 4.69) is 127 Å². The van der Waals surface area contributed by atoms with Gasteiger partial charge in [-0.05, 0) is 96.7 Å². The second-order valence-electron chi connectivity index (χ2n) is 12.6. The average molecular weight is 645 g/mol. The van der Waals surface area contributed by atoms with Gasteiger partial charge in [0.1, 0.15) is 11.2 Å². The molecule has 0 saturated heterocycles. The van der Waals surface area contributed by atoms with E-state index in [-0.39, 0.29) is 0 Å². The molecule has 2 nitrogen and oxygen atoms in total. The molecule has 9 aromatic carbocycles. The van der Waals surface area contributed by atoms with Crippen LogP contribution in [-0.4, -0.2) is 4.21 Å². The zero-order valence-electron chi connectivity index (χ0n) is 26.4. The third-order valence-corrected chi connectivity index (χ3v) is 11.2. The van der Waals surface area contributed by atoms with Crippen LogP contribution in [0.4, 0.5) is 0 Å². The van der Waals surface area contributed by atoms with Crippen molar-refractivity contribution < 1.29 is 8.63 Å². The number of benzene rings is 9. The Balaban J connectivity index is 1.30. The lowest BCUT2D eigenvalue weighted by molar-refractivity contribution is 0.671. The summed E-state index contributed by atoms with van der Waals surface area (Å²) in [5, 5.41) is 11.6. The van der Waals surface area contributed by atoms with Gasteiger partial charge in [0.2, 0.25) is 0 Å². The SMILES string of the molecule is O=S(c1ccccc1)c1cccc(-c2c3ccccc3c(-c3cc4ccccc4c4c3oc3cc5ccccc5cc34)c3ccccc23)c1. The van der Waals surface area contributed by atoms with E-state index in [1.807, 2.05) is 42.5 Å². The van der Waals surface area contributed by atoms with Crippen molar-refractivity contribution in [3.05, 3.63) is 170 Å². The maximum Gasteiger partial charge on any atom is 0.143 e. The number of hydrogen-bond acceptors (Lipinski definition) is 2. The molecule has 0 saturated carbocycles. The van der Waals surface area contributed by atoms with Crippen molar-refractivity contribution >= 4 is 75.8 Å². The fourth-order valence-corrected chi connectivity index (χ4v) is 8.79. The molecule has 3 heteroatoms. The van der Waals surface area contributed by atoms with Crippen molar-refractivity contribution in [2.75, 3.05) is 0 Å². The van der Waals surface area contributed by atoms with Crippen LogP contribution in [0.25, 0.3) is 87.3 Å². The Morgan fingerprint density at radius 1 is 0.408 bits per heavy atom. The third-order valence-electron chi connectivity index (χ3n) is 9.83. The normalized spacial score (nSPS) is 12.5. The first kappa shape index (κ1) is 28.0. The molecule has 0 amide bonds. The van der Waals surface area contributed by atoms with Crippen LogP contribution in [0.1, 0.15) is 0 Å². The van der Waals surface area contributed by atoms with Gasteiger partial charge in [0, 0.05) is 31.7 Å². The minimum Gasteiger partial charge on any atom is -0.455 e. The van der Waals surface area contributed by atoms with Gasteiger partial charge in [0.15, 0.2) is 0 Å². The van der Waals surface area contributed by atoms with Gasteiger partial charge in [0.05, 0.1) is 10.8 Å². The number of furan rings is 1. The largest absolute Gasteiger partial charge is 0.455 e. The summed E-state index contributed by atoms with van der Waals surface area (Å²) in [4.78, 5) is 1.58. The topological polar surface area (TPSA) is 30.2 Å². The summed E-state index contributed by atoms with van der Waals surface area (Å²) >= 11 is 0. The monoisotopic (exact) mass is 644 g/mol. The van der Waals surface area contributed by atoms with E-state index in [0.29, 0.717) is 0 Å². The molecule has 0 aliphatic carbocycles. The van der Waals surface area contributed by atoms with Gasteiger partial charge in [-0.3, -0.25) is 0 Å². The molecule has 10 aromatic rings. The molecule has 1 aromatic heterocycles. The number of fused-ring (bicyclic) bond motifs is 8. The highest BCUT2D eigenvalue weighted by Crippen LogP contribution is 2.48. The summed E-state index contributed by atoms with van der Waals surface area (Å²) in [6, 6.07) is 59.1. The van der Waals surface area contributed by atoms with Crippen molar-refractivity contribution in [2.45, 2.75) is 9.79 Å². The van der Waals surface area contributed by atoms with Crippen LogP contribution in [0, 0.1) is 0 Å². The molecule has 0 radical (unpaired) electrons. The Bertz CT molecular complexity index is 2900. The van der Waals surface area contributed by atoms with Crippen LogP contribution in [0.15, 0.2) is 184 Å². The van der Waals surface area contributed by atoms with E-state index < -0.39 is 10.8 Å². The lowest BCUT2D eigenvalue weighted by Crippen LogP contribution is -1.95. The lowest BCUT2D eigenvalue weighted by atomic mass is 9.85. The standard InChI is InChI=1S/C46H28O2S/c47-49(33-17-2-1-3-18-33)34-19-12-16-32(25-34)43-36-21-8-10-23-38(36)44(39-24-11-9-22-37(39)43)41-27-31-15-6-7-20-35(31)45-40-26-29-13-4-5-14-30(29)28-42(40)48-46(41)45/h1-28H. The van der Waals surface area contributed by atoms with Gasteiger partial charge in [0.25, 0.3) is 0 Å². The summed E-state index contributed by atoms with van der Waals surface area (Å²) in [7, 11) is -1.29. The summed E-state index contributed by atoms with van der Waals surface area (Å²) in [6.45, 7) is 0. The molecule has 0 aliphatic heterocycles. The quantitative estimate of drug-likeness (QED) is 0.178. The second kappa shape index (κ2) is 11.0. The predicted molar refractivity (Wildman–Crippen MR) is 206 cm³/mol. The molecule has 0 N–H and O–H groups in total. The Kier molecular flexibility index (Phi) is 6.30. The minimum absolute atomic E-state index is 0.784. The summed E-state index contributed by atoms with van der Waals surface area (Å²) in [5.41, 5.74) is 6.19. The van der Waals surface area contributed by atoms with Crippen LogP contribution in [0.2, 0.25) is 0 Å². The molecule has 49 heavy (non-hydrogen) atoms. The second-order valence-corrected chi connectivity index (χ2v) is 14.1. The van der Waals surface area contributed by atoms with Crippen LogP contribution in [-0.2, 0) is 10.8 Å². The zero-order valence-corrected chi connectivity index (χ0v) is 27.2. The maximum absolute atomic E-state index is 13.7. The fraction of sp³-hybridized carbons (Fsp3) is 0. The van der Waals surface area contributed by atoms with E-state index in [4.69, 9.17) is 4.42 Å². The molecule has 0 spiro atoms. The van der Waals surface area contributed by atoms with Crippen molar-refractivity contribution in [3.63, 3.8) is 0 Å². The molecule has 1 unspecified atom stereocenters. The summed E-state index contributed by atoms with van der Waals surface area (Å²) in [5.74, 6) is 0. The van der Waals surface area contributed by atoms with Crippen molar-refractivity contribution in [2.24, 2.45) is 0 Å². The molecule has 1 heterocycles. The Hall–Kier alpha value is -6.03. The summed E-state index contributed by atoms with van der Waals surface area (Å²) < 4.78 is 20.6. The first-order valence-corrected chi connectivity index (χ1v) is 17.7.